The SMILES string of the molecule is Cc1ncc2c(-c3ccc(F)cc3C(=O)N3CCOC[C@H]3C)cc(C3CN(C(CCC4OCCO4)C(C)C)C3)cn12. The molecule has 0 saturated carbocycles. The van der Waals surface area contributed by atoms with Gasteiger partial charge in [0.25, 0.3) is 5.91 Å². The van der Waals surface area contributed by atoms with Crippen molar-refractivity contribution in [1.82, 2.24) is 19.2 Å². The molecule has 3 aliphatic heterocycles. The van der Waals surface area contributed by atoms with Crippen LogP contribution in [0.2, 0.25) is 0 Å². The van der Waals surface area contributed by atoms with Crippen molar-refractivity contribution >= 4 is 11.4 Å². The fraction of sp³-hybridized carbons (Fsp3) is 0.562. The third-order valence-electron chi connectivity index (χ3n) is 8.99. The summed E-state index contributed by atoms with van der Waals surface area (Å²) in [5.74, 6) is 1.19. The van der Waals surface area contributed by atoms with Crippen LogP contribution in [-0.2, 0) is 14.2 Å². The molecule has 0 aliphatic carbocycles. The van der Waals surface area contributed by atoms with Gasteiger partial charge in [-0.25, -0.2) is 9.37 Å². The summed E-state index contributed by atoms with van der Waals surface area (Å²) >= 11 is 0. The Morgan fingerprint density at radius 1 is 1.12 bits per heavy atom. The van der Waals surface area contributed by atoms with E-state index >= 15 is 0 Å². The summed E-state index contributed by atoms with van der Waals surface area (Å²) in [5, 5.41) is 0. The Hall–Kier alpha value is -2.85. The zero-order valence-electron chi connectivity index (χ0n) is 24.5. The van der Waals surface area contributed by atoms with Crippen molar-refractivity contribution in [2.45, 2.75) is 64.8 Å². The number of hydrogen-bond donors (Lipinski definition) is 0. The van der Waals surface area contributed by atoms with E-state index in [4.69, 9.17) is 14.2 Å². The van der Waals surface area contributed by atoms with Crippen LogP contribution in [0.25, 0.3) is 16.6 Å². The zero-order valence-corrected chi connectivity index (χ0v) is 24.5. The largest absolute Gasteiger partial charge is 0.377 e. The second-order valence-electron chi connectivity index (χ2n) is 12.1. The maximum atomic E-state index is 14.6. The zero-order chi connectivity index (χ0) is 28.7. The van der Waals surface area contributed by atoms with E-state index in [0.717, 1.165) is 48.4 Å². The minimum Gasteiger partial charge on any atom is -0.377 e. The molecule has 3 aromatic rings. The molecule has 1 amide bonds. The number of carbonyl (C=O) groups is 1. The number of rotatable bonds is 8. The van der Waals surface area contributed by atoms with Crippen LogP contribution in [0, 0.1) is 18.7 Å². The summed E-state index contributed by atoms with van der Waals surface area (Å²) in [5.41, 5.74) is 4.13. The Labute approximate surface area is 241 Å². The molecule has 3 aliphatic rings. The molecule has 5 heterocycles. The average Bonchev–Trinajstić information content (AvgIpc) is 3.59. The number of morpholine rings is 1. The van der Waals surface area contributed by atoms with E-state index in [1.165, 1.54) is 17.7 Å². The first-order valence-electron chi connectivity index (χ1n) is 14.9. The number of benzene rings is 1. The molecule has 8 nitrogen and oxygen atoms in total. The predicted molar refractivity (Wildman–Crippen MR) is 155 cm³/mol. The van der Waals surface area contributed by atoms with Crippen molar-refractivity contribution in [3.8, 4) is 11.1 Å². The smallest absolute Gasteiger partial charge is 0.254 e. The molecule has 2 aromatic heterocycles. The van der Waals surface area contributed by atoms with Gasteiger partial charge in [-0.3, -0.25) is 9.69 Å². The van der Waals surface area contributed by atoms with Gasteiger partial charge in [-0.05, 0) is 61.9 Å². The number of ether oxygens (including phenoxy) is 3. The summed E-state index contributed by atoms with van der Waals surface area (Å²) in [4.78, 5) is 22.7. The van der Waals surface area contributed by atoms with Crippen LogP contribution in [0.1, 0.15) is 61.3 Å². The van der Waals surface area contributed by atoms with Crippen LogP contribution < -0.4 is 0 Å². The van der Waals surface area contributed by atoms with E-state index in [2.05, 4.69) is 40.4 Å². The fourth-order valence-corrected chi connectivity index (χ4v) is 6.61. The van der Waals surface area contributed by atoms with Crippen LogP contribution in [0.15, 0.2) is 36.7 Å². The number of aromatic nitrogens is 2. The monoisotopic (exact) mass is 564 g/mol. The summed E-state index contributed by atoms with van der Waals surface area (Å²) in [6, 6.07) is 7.14. The van der Waals surface area contributed by atoms with Crippen LogP contribution in [0.4, 0.5) is 4.39 Å². The lowest BCUT2D eigenvalue weighted by atomic mass is 9.85. The van der Waals surface area contributed by atoms with Gasteiger partial charge in [0.1, 0.15) is 11.6 Å². The molecule has 3 saturated heterocycles. The van der Waals surface area contributed by atoms with Crippen molar-refractivity contribution < 1.29 is 23.4 Å². The molecule has 1 aromatic carbocycles. The van der Waals surface area contributed by atoms with Crippen LogP contribution in [-0.4, -0.2) is 89.5 Å². The van der Waals surface area contributed by atoms with Gasteiger partial charge in [0.05, 0.1) is 49.7 Å². The van der Waals surface area contributed by atoms with E-state index in [0.29, 0.717) is 56.4 Å². The molecule has 6 rings (SSSR count). The molecular weight excluding hydrogens is 523 g/mol. The molecule has 1 unspecified atom stereocenters. The second kappa shape index (κ2) is 11.8. The van der Waals surface area contributed by atoms with Crippen molar-refractivity contribution in [2.24, 2.45) is 5.92 Å². The van der Waals surface area contributed by atoms with Crippen LogP contribution >= 0.6 is 0 Å². The molecule has 41 heavy (non-hydrogen) atoms. The minimum absolute atomic E-state index is 0.0717. The van der Waals surface area contributed by atoms with Crippen molar-refractivity contribution in [3.05, 3.63) is 59.4 Å². The van der Waals surface area contributed by atoms with Crippen molar-refractivity contribution in [2.75, 3.05) is 46.1 Å². The van der Waals surface area contributed by atoms with Gasteiger partial charge in [-0.2, -0.15) is 0 Å². The number of carbonyl (C=O) groups excluding carboxylic acids is 1. The maximum Gasteiger partial charge on any atom is 0.254 e. The minimum atomic E-state index is -0.419. The number of pyridine rings is 1. The number of likely N-dealkylation sites (tertiary alicyclic amines) is 1. The van der Waals surface area contributed by atoms with Crippen molar-refractivity contribution in [3.63, 3.8) is 0 Å². The van der Waals surface area contributed by atoms with E-state index < -0.39 is 5.82 Å². The molecule has 0 bridgehead atoms. The van der Waals surface area contributed by atoms with Gasteiger partial charge in [-0.15, -0.1) is 0 Å². The highest BCUT2D eigenvalue weighted by atomic mass is 19.1. The normalized spacial score (nSPS) is 21.6. The number of halogens is 1. The molecule has 0 spiro atoms. The Kier molecular flexibility index (Phi) is 8.14. The fourth-order valence-electron chi connectivity index (χ4n) is 6.61. The van der Waals surface area contributed by atoms with Gasteiger partial charge in [0.15, 0.2) is 6.29 Å². The Morgan fingerprint density at radius 2 is 1.90 bits per heavy atom. The van der Waals surface area contributed by atoms with E-state index in [1.807, 2.05) is 20.0 Å². The highest BCUT2D eigenvalue weighted by molar-refractivity contribution is 6.03. The molecule has 220 valence electrons. The number of hydrogen-bond acceptors (Lipinski definition) is 6. The maximum absolute atomic E-state index is 14.6. The summed E-state index contributed by atoms with van der Waals surface area (Å²) < 4.78 is 33.6. The standard InChI is InChI=1S/C32H41FN4O4/c1-20(2)29(7-8-31-40-11-12-41-31)35-16-24(17-35)23-13-27(30-15-34-22(4)37(30)18-23)26-6-5-25(33)14-28(26)32(38)36-9-10-39-19-21(36)3/h5-6,13-15,18,20-21,24,29,31H,7-12,16-17,19H2,1-4H3/t21-,29?/m1/s1. The van der Waals surface area contributed by atoms with Gasteiger partial charge >= 0.3 is 0 Å². The van der Waals surface area contributed by atoms with Gasteiger partial charge < -0.3 is 23.5 Å². The lowest BCUT2D eigenvalue weighted by molar-refractivity contribution is -0.0564. The number of amides is 1. The third kappa shape index (κ3) is 5.65. The van der Waals surface area contributed by atoms with Crippen molar-refractivity contribution in [1.29, 1.82) is 0 Å². The lowest BCUT2D eigenvalue weighted by Crippen LogP contribution is -2.52. The molecule has 3 fully saturated rings. The Morgan fingerprint density at radius 3 is 2.63 bits per heavy atom. The first-order chi connectivity index (χ1) is 19.8. The third-order valence-corrected chi connectivity index (χ3v) is 8.99. The second-order valence-corrected chi connectivity index (χ2v) is 12.1. The van der Waals surface area contributed by atoms with Gasteiger partial charge in [0.2, 0.25) is 0 Å². The Bertz CT molecular complexity index is 1400. The summed E-state index contributed by atoms with van der Waals surface area (Å²) in [7, 11) is 0. The summed E-state index contributed by atoms with van der Waals surface area (Å²) in [6.45, 7) is 13.3. The topological polar surface area (TPSA) is 68.5 Å². The van der Waals surface area contributed by atoms with E-state index in [1.54, 1.807) is 11.0 Å². The van der Waals surface area contributed by atoms with Gasteiger partial charge in [-0.1, -0.05) is 19.9 Å². The first-order valence-corrected chi connectivity index (χ1v) is 14.9. The quantitative estimate of drug-likeness (QED) is 0.388. The van der Waals surface area contributed by atoms with E-state index in [9.17, 15) is 9.18 Å². The highest BCUT2D eigenvalue weighted by Crippen LogP contribution is 2.37. The molecule has 0 radical (unpaired) electrons. The Balaban J connectivity index is 1.29. The van der Waals surface area contributed by atoms with Gasteiger partial charge in [0, 0.05) is 43.4 Å². The number of imidazole rings is 1. The molecule has 2 atom stereocenters. The van der Waals surface area contributed by atoms with E-state index in [-0.39, 0.29) is 18.2 Å². The number of nitrogens with zero attached hydrogens (tertiary/aromatic N) is 4. The molecule has 0 N–H and O–H groups in total. The summed E-state index contributed by atoms with van der Waals surface area (Å²) in [6.07, 6.45) is 5.91. The van der Waals surface area contributed by atoms with Crippen LogP contribution in [0.3, 0.4) is 0 Å². The first kappa shape index (κ1) is 28.3. The molecule has 9 heteroatoms. The van der Waals surface area contributed by atoms with Crippen LogP contribution in [0.5, 0.6) is 0 Å². The number of aryl methyl sites for hydroxylation is 1. The lowest BCUT2D eigenvalue weighted by Gasteiger charge is -2.46. The highest BCUT2D eigenvalue weighted by Gasteiger charge is 2.36. The average molecular weight is 565 g/mol. The predicted octanol–water partition coefficient (Wildman–Crippen LogP) is 4.89. The molecular formula is C32H41FN4O4. The number of fused-ring (bicyclic) bond motifs is 1.